The first kappa shape index (κ1) is 20.1. The molecule has 0 saturated heterocycles. The Hall–Kier alpha value is -3.67. The van der Waals surface area contributed by atoms with Crippen LogP contribution in [-0.2, 0) is 0 Å². The average Bonchev–Trinajstić information content (AvgIpc) is 2.71. The van der Waals surface area contributed by atoms with Crippen LogP contribution in [-0.4, -0.2) is 22.9 Å². The SMILES string of the molecule is Cc1ccccc1NC(=O)c1cccc(C(=O)Nc2ccccc2OC(C)C)n1. The molecule has 3 rings (SSSR count). The molecule has 6 heteroatoms. The predicted octanol–water partition coefficient (Wildman–Crippen LogP) is 4.68. The Bertz CT molecular complexity index is 1030. The van der Waals surface area contributed by atoms with Crippen molar-refractivity contribution >= 4 is 23.2 Å². The summed E-state index contributed by atoms with van der Waals surface area (Å²) in [7, 11) is 0. The zero-order chi connectivity index (χ0) is 20.8. The van der Waals surface area contributed by atoms with Gasteiger partial charge in [0.25, 0.3) is 11.8 Å². The molecule has 0 saturated carbocycles. The molecular formula is C23H23N3O3. The van der Waals surface area contributed by atoms with Crippen molar-refractivity contribution in [2.24, 2.45) is 0 Å². The molecule has 1 heterocycles. The molecule has 29 heavy (non-hydrogen) atoms. The van der Waals surface area contributed by atoms with Gasteiger partial charge in [-0.25, -0.2) is 4.98 Å². The molecule has 0 atom stereocenters. The van der Waals surface area contributed by atoms with Crippen LogP contribution in [0, 0.1) is 6.92 Å². The van der Waals surface area contributed by atoms with Crippen molar-refractivity contribution in [2.75, 3.05) is 10.6 Å². The van der Waals surface area contributed by atoms with E-state index in [0.717, 1.165) is 5.56 Å². The molecule has 2 N–H and O–H groups in total. The molecule has 148 valence electrons. The van der Waals surface area contributed by atoms with E-state index in [1.54, 1.807) is 30.3 Å². The third-order valence-corrected chi connectivity index (χ3v) is 4.11. The van der Waals surface area contributed by atoms with E-state index in [-0.39, 0.29) is 23.4 Å². The topological polar surface area (TPSA) is 80.3 Å². The first-order valence-corrected chi connectivity index (χ1v) is 9.35. The predicted molar refractivity (Wildman–Crippen MR) is 114 cm³/mol. The molecule has 0 aliphatic carbocycles. The number of nitrogens with one attached hydrogen (secondary N) is 2. The molecule has 2 aromatic carbocycles. The highest BCUT2D eigenvalue weighted by atomic mass is 16.5. The van der Waals surface area contributed by atoms with Crippen molar-refractivity contribution in [1.82, 2.24) is 4.98 Å². The first-order valence-electron chi connectivity index (χ1n) is 9.35. The van der Waals surface area contributed by atoms with Gasteiger partial charge in [0.1, 0.15) is 17.1 Å². The second-order valence-electron chi connectivity index (χ2n) is 6.79. The fourth-order valence-electron chi connectivity index (χ4n) is 2.70. The van der Waals surface area contributed by atoms with Crippen LogP contribution in [0.2, 0.25) is 0 Å². The molecule has 0 unspecified atom stereocenters. The second kappa shape index (κ2) is 9.01. The summed E-state index contributed by atoms with van der Waals surface area (Å²) >= 11 is 0. The minimum Gasteiger partial charge on any atom is -0.489 e. The highest BCUT2D eigenvalue weighted by molar-refractivity contribution is 6.06. The van der Waals surface area contributed by atoms with Crippen molar-refractivity contribution < 1.29 is 14.3 Å². The number of benzene rings is 2. The molecule has 3 aromatic rings. The summed E-state index contributed by atoms with van der Waals surface area (Å²) in [4.78, 5) is 29.4. The summed E-state index contributed by atoms with van der Waals surface area (Å²) < 4.78 is 5.72. The highest BCUT2D eigenvalue weighted by Gasteiger charge is 2.15. The Morgan fingerprint density at radius 2 is 1.34 bits per heavy atom. The van der Waals surface area contributed by atoms with Crippen LogP contribution in [0.4, 0.5) is 11.4 Å². The van der Waals surface area contributed by atoms with Crippen molar-refractivity contribution in [3.63, 3.8) is 0 Å². The Kier molecular flexibility index (Phi) is 6.24. The quantitative estimate of drug-likeness (QED) is 0.641. The lowest BCUT2D eigenvalue weighted by atomic mass is 10.2. The molecule has 0 aliphatic rings. The summed E-state index contributed by atoms with van der Waals surface area (Å²) in [5.41, 5.74) is 2.49. The number of aryl methyl sites for hydroxylation is 1. The van der Waals surface area contributed by atoms with Gasteiger partial charge in [0.05, 0.1) is 11.8 Å². The second-order valence-corrected chi connectivity index (χ2v) is 6.79. The number of amides is 2. The van der Waals surface area contributed by atoms with E-state index >= 15 is 0 Å². The van der Waals surface area contributed by atoms with Gasteiger partial charge < -0.3 is 15.4 Å². The lowest BCUT2D eigenvalue weighted by Crippen LogP contribution is -2.19. The lowest BCUT2D eigenvalue weighted by Gasteiger charge is -2.14. The van der Waals surface area contributed by atoms with E-state index in [1.165, 1.54) is 0 Å². The zero-order valence-electron chi connectivity index (χ0n) is 16.6. The zero-order valence-corrected chi connectivity index (χ0v) is 16.6. The van der Waals surface area contributed by atoms with Crippen LogP contribution in [0.5, 0.6) is 5.75 Å². The van der Waals surface area contributed by atoms with Gasteiger partial charge in [0.2, 0.25) is 0 Å². The Morgan fingerprint density at radius 3 is 1.97 bits per heavy atom. The van der Waals surface area contributed by atoms with Gasteiger partial charge in [-0.05, 0) is 56.7 Å². The summed E-state index contributed by atoms with van der Waals surface area (Å²) in [6.07, 6.45) is -0.0281. The Morgan fingerprint density at radius 1 is 0.793 bits per heavy atom. The molecule has 2 amide bonds. The molecule has 0 radical (unpaired) electrons. The Balaban J connectivity index is 1.76. The largest absolute Gasteiger partial charge is 0.489 e. The average molecular weight is 389 g/mol. The number of aromatic nitrogens is 1. The number of ether oxygens (including phenoxy) is 1. The third-order valence-electron chi connectivity index (χ3n) is 4.11. The van der Waals surface area contributed by atoms with E-state index in [1.807, 2.05) is 57.2 Å². The number of anilines is 2. The van der Waals surface area contributed by atoms with Gasteiger partial charge in [0.15, 0.2) is 0 Å². The molecule has 0 fully saturated rings. The van der Waals surface area contributed by atoms with Crippen LogP contribution in [0.1, 0.15) is 40.4 Å². The van der Waals surface area contributed by atoms with Gasteiger partial charge in [0, 0.05) is 5.69 Å². The van der Waals surface area contributed by atoms with Gasteiger partial charge in [-0.15, -0.1) is 0 Å². The van der Waals surface area contributed by atoms with Gasteiger partial charge >= 0.3 is 0 Å². The first-order chi connectivity index (χ1) is 13.9. The number of carbonyl (C=O) groups is 2. The van der Waals surface area contributed by atoms with Gasteiger partial charge in [-0.3, -0.25) is 9.59 Å². The maximum Gasteiger partial charge on any atom is 0.274 e. The standard InChI is InChI=1S/C23H23N3O3/c1-15(2)29-21-14-7-6-11-18(21)26-23(28)20-13-8-12-19(24-20)22(27)25-17-10-5-4-9-16(17)3/h4-15H,1-3H3,(H,25,27)(H,26,28). The third kappa shape index (κ3) is 5.19. The monoisotopic (exact) mass is 389 g/mol. The van der Waals surface area contributed by atoms with Crippen molar-refractivity contribution in [3.05, 3.63) is 83.7 Å². The molecule has 6 nitrogen and oxygen atoms in total. The van der Waals surface area contributed by atoms with Gasteiger partial charge in [-0.1, -0.05) is 36.4 Å². The minimum atomic E-state index is -0.421. The van der Waals surface area contributed by atoms with Crippen molar-refractivity contribution in [1.29, 1.82) is 0 Å². The normalized spacial score (nSPS) is 10.5. The number of carbonyl (C=O) groups excluding carboxylic acids is 2. The summed E-state index contributed by atoms with van der Waals surface area (Å²) in [6.45, 7) is 5.73. The highest BCUT2D eigenvalue weighted by Crippen LogP contribution is 2.25. The van der Waals surface area contributed by atoms with E-state index < -0.39 is 5.91 Å². The van der Waals surface area contributed by atoms with Crippen LogP contribution >= 0.6 is 0 Å². The van der Waals surface area contributed by atoms with E-state index in [2.05, 4.69) is 15.6 Å². The molecule has 0 aliphatic heterocycles. The van der Waals surface area contributed by atoms with E-state index in [9.17, 15) is 9.59 Å². The number of para-hydroxylation sites is 3. The molecular weight excluding hydrogens is 366 g/mol. The number of hydrogen-bond acceptors (Lipinski definition) is 4. The van der Waals surface area contributed by atoms with Crippen LogP contribution < -0.4 is 15.4 Å². The lowest BCUT2D eigenvalue weighted by molar-refractivity contribution is 0.101. The van der Waals surface area contributed by atoms with Crippen molar-refractivity contribution in [2.45, 2.75) is 26.9 Å². The Labute approximate surface area is 169 Å². The number of pyridine rings is 1. The fraction of sp³-hybridized carbons (Fsp3) is 0.174. The molecule has 0 spiro atoms. The van der Waals surface area contributed by atoms with E-state index in [4.69, 9.17) is 4.74 Å². The fourth-order valence-corrected chi connectivity index (χ4v) is 2.70. The van der Waals surface area contributed by atoms with Crippen molar-refractivity contribution in [3.8, 4) is 5.75 Å². The minimum absolute atomic E-state index is 0.0281. The number of hydrogen-bond donors (Lipinski definition) is 2. The maximum absolute atomic E-state index is 12.7. The van der Waals surface area contributed by atoms with Crippen LogP contribution in [0.25, 0.3) is 0 Å². The number of nitrogens with zero attached hydrogens (tertiary/aromatic N) is 1. The van der Waals surface area contributed by atoms with Crippen LogP contribution in [0.3, 0.4) is 0 Å². The van der Waals surface area contributed by atoms with E-state index in [0.29, 0.717) is 17.1 Å². The maximum atomic E-state index is 12.7. The number of rotatable bonds is 6. The molecule has 0 bridgehead atoms. The summed E-state index contributed by atoms with van der Waals surface area (Å²) in [6, 6.07) is 19.4. The summed E-state index contributed by atoms with van der Waals surface area (Å²) in [5, 5.41) is 5.62. The smallest absolute Gasteiger partial charge is 0.274 e. The van der Waals surface area contributed by atoms with Gasteiger partial charge in [-0.2, -0.15) is 0 Å². The van der Waals surface area contributed by atoms with Crippen LogP contribution in [0.15, 0.2) is 66.7 Å². The molecule has 1 aromatic heterocycles. The summed E-state index contributed by atoms with van der Waals surface area (Å²) in [5.74, 6) is -0.225.